The number of carboxylic acid groups (broad SMARTS) is 1. The number of aromatic carboxylic acids is 1. The number of benzene rings is 2. The summed E-state index contributed by atoms with van der Waals surface area (Å²) in [6.07, 6.45) is 2.64. The summed E-state index contributed by atoms with van der Waals surface area (Å²) in [7, 11) is 3.57. The molecule has 9 heteroatoms. The molecule has 0 radical (unpaired) electrons. The average Bonchev–Trinajstić information content (AvgIpc) is 3.12. The Morgan fingerprint density at radius 1 is 1.16 bits per heavy atom. The fraction of sp³-hybridized carbons (Fsp3) is 0.304. The smallest absolute Gasteiger partial charge is 0.335 e. The Labute approximate surface area is 191 Å². The summed E-state index contributed by atoms with van der Waals surface area (Å²) in [5.41, 5.74) is 2.94. The van der Waals surface area contributed by atoms with Gasteiger partial charge in [-0.3, -0.25) is 4.79 Å². The standard InChI is InChI=1S/C23H26N4O4S/c1-15-12-16(10-11-19(15)31-3)6-4-9-20-25-26-23(27(20)2)32-14-21(28)24-18-8-5-7-17(13-18)22(29)30/h5,7-8,10-13H,4,6,9,14H2,1-3H3,(H,24,28)(H,29,30). The van der Waals surface area contributed by atoms with E-state index < -0.39 is 5.97 Å². The van der Waals surface area contributed by atoms with Gasteiger partial charge in [-0.25, -0.2) is 4.79 Å². The zero-order chi connectivity index (χ0) is 23.1. The molecule has 1 amide bonds. The van der Waals surface area contributed by atoms with Gasteiger partial charge in [-0.2, -0.15) is 0 Å². The van der Waals surface area contributed by atoms with Crippen LogP contribution in [0.2, 0.25) is 0 Å². The van der Waals surface area contributed by atoms with Crippen molar-refractivity contribution in [2.75, 3.05) is 18.2 Å². The largest absolute Gasteiger partial charge is 0.496 e. The Bertz CT molecular complexity index is 1110. The number of carbonyl (C=O) groups is 2. The summed E-state index contributed by atoms with van der Waals surface area (Å²) < 4.78 is 7.21. The zero-order valence-electron chi connectivity index (χ0n) is 18.3. The lowest BCUT2D eigenvalue weighted by Crippen LogP contribution is -2.15. The predicted molar refractivity (Wildman–Crippen MR) is 124 cm³/mol. The van der Waals surface area contributed by atoms with Gasteiger partial charge in [-0.1, -0.05) is 30.0 Å². The first-order valence-corrected chi connectivity index (χ1v) is 11.1. The second kappa shape index (κ2) is 10.8. The van der Waals surface area contributed by atoms with Crippen LogP contribution in [-0.2, 0) is 24.7 Å². The van der Waals surface area contributed by atoms with E-state index in [0.717, 1.165) is 36.4 Å². The van der Waals surface area contributed by atoms with Crippen LogP contribution in [0.1, 0.15) is 33.7 Å². The number of nitrogens with one attached hydrogen (secondary N) is 1. The number of rotatable bonds is 10. The maximum Gasteiger partial charge on any atom is 0.335 e. The number of thioether (sulfide) groups is 1. The van der Waals surface area contributed by atoms with Gasteiger partial charge in [0.2, 0.25) is 5.91 Å². The molecule has 0 unspecified atom stereocenters. The van der Waals surface area contributed by atoms with Crippen molar-refractivity contribution in [3.05, 3.63) is 65.0 Å². The number of aryl methyl sites for hydroxylation is 3. The van der Waals surface area contributed by atoms with Crippen molar-refractivity contribution in [2.45, 2.75) is 31.3 Å². The number of anilines is 1. The van der Waals surface area contributed by atoms with Crippen LogP contribution >= 0.6 is 11.8 Å². The molecule has 2 aromatic carbocycles. The molecular weight excluding hydrogens is 428 g/mol. The first kappa shape index (κ1) is 23.3. The summed E-state index contributed by atoms with van der Waals surface area (Å²) in [5, 5.41) is 20.9. The van der Waals surface area contributed by atoms with Crippen LogP contribution in [0.3, 0.4) is 0 Å². The van der Waals surface area contributed by atoms with Crippen LogP contribution < -0.4 is 10.1 Å². The van der Waals surface area contributed by atoms with Crippen molar-refractivity contribution >= 4 is 29.3 Å². The average molecular weight is 455 g/mol. The number of methoxy groups -OCH3 is 1. The molecule has 0 saturated carbocycles. The first-order valence-electron chi connectivity index (χ1n) is 10.1. The molecule has 0 saturated heterocycles. The number of hydrogen-bond donors (Lipinski definition) is 2. The molecule has 0 aliphatic rings. The molecular formula is C23H26N4O4S. The number of hydrogen-bond acceptors (Lipinski definition) is 6. The number of carboxylic acids is 1. The molecule has 0 bridgehead atoms. The SMILES string of the molecule is COc1ccc(CCCc2nnc(SCC(=O)Nc3cccc(C(=O)O)c3)n2C)cc1C. The second-order valence-corrected chi connectivity index (χ2v) is 8.28. The van der Waals surface area contributed by atoms with Gasteiger partial charge in [-0.15, -0.1) is 10.2 Å². The maximum atomic E-state index is 12.2. The summed E-state index contributed by atoms with van der Waals surface area (Å²) in [6.45, 7) is 2.04. The van der Waals surface area contributed by atoms with E-state index in [9.17, 15) is 9.59 Å². The minimum Gasteiger partial charge on any atom is -0.496 e. The van der Waals surface area contributed by atoms with Crippen molar-refractivity contribution in [1.82, 2.24) is 14.8 Å². The quantitative estimate of drug-likeness (QED) is 0.450. The van der Waals surface area contributed by atoms with Gasteiger partial charge in [0.25, 0.3) is 0 Å². The zero-order valence-corrected chi connectivity index (χ0v) is 19.1. The third-order valence-electron chi connectivity index (χ3n) is 4.98. The van der Waals surface area contributed by atoms with E-state index in [-0.39, 0.29) is 17.2 Å². The number of aromatic nitrogens is 3. The van der Waals surface area contributed by atoms with E-state index in [1.54, 1.807) is 19.2 Å². The minimum absolute atomic E-state index is 0.123. The third kappa shape index (κ3) is 6.10. The molecule has 0 spiro atoms. The Morgan fingerprint density at radius 3 is 2.69 bits per heavy atom. The summed E-state index contributed by atoms with van der Waals surface area (Å²) in [4.78, 5) is 23.3. The lowest BCUT2D eigenvalue weighted by molar-refractivity contribution is -0.113. The number of amides is 1. The lowest BCUT2D eigenvalue weighted by atomic mass is 10.0. The third-order valence-corrected chi connectivity index (χ3v) is 6.00. The normalized spacial score (nSPS) is 10.7. The number of ether oxygens (including phenoxy) is 1. The van der Waals surface area contributed by atoms with E-state index in [1.807, 2.05) is 24.6 Å². The van der Waals surface area contributed by atoms with Gasteiger partial charge < -0.3 is 19.7 Å². The van der Waals surface area contributed by atoms with E-state index in [4.69, 9.17) is 9.84 Å². The Morgan fingerprint density at radius 2 is 1.97 bits per heavy atom. The molecule has 0 atom stereocenters. The molecule has 1 aromatic heterocycles. The molecule has 8 nitrogen and oxygen atoms in total. The van der Waals surface area contributed by atoms with Crippen molar-refractivity contribution in [3.63, 3.8) is 0 Å². The van der Waals surface area contributed by atoms with E-state index in [2.05, 4.69) is 27.6 Å². The van der Waals surface area contributed by atoms with Crippen molar-refractivity contribution in [3.8, 4) is 5.75 Å². The summed E-state index contributed by atoms with van der Waals surface area (Å²) >= 11 is 1.29. The van der Waals surface area contributed by atoms with Crippen molar-refractivity contribution in [1.29, 1.82) is 0 Å². The highest BCUT2D eigenvalue weighted by Crippen LogP contribution is 2.21. The van der Waals surface area contributed by atoms with Gasteiger partial charge in [0, 0.05) is 19.2 Å². The van der Waals surface area contributed by atoms with Crippen LogP contribution in [0.15, 0.2) is 47.6 Å². The minimum atomic E-state index is -1.04. The van der Waals surface area contributed by atoms with Gasteiger partial charge in [0.05, 0.1) is 18.4 Å². The van der Waals surface area contributed by atoms with Gasteiger partial charge >= 0.3 is 5.97 Å². The van der Waals surface area contributed by atoms with Crippen LogP contribution in [0, 0.1) is 6.92 Å². The van der Waals surface area contributed by atoms with E-state index in [0.29, 0.717) is 10.8 Å². The van der Waals surface area contributed by atoms with Crippen LogP contribution in [-0.4, -0.2) is 44.6 Å². The van der Waals surface area contributed by atoms with Crippen LogP contribution in [0.25, 0.3) is 0 Å². The van der Waals surface area contributed by atoms with Gasteiger partial charge in [-0.05, 0) is 55.2 Å². The molecule has 0 aliphatic heterocycles. The summed E-state index contributed by atoms with van der Waals surface area (Å²) in [5.74, 6) is 0.629. The van der Waals surface area contributed by atoms with Crippen molar-refractivity contribution < 1.29 is 19.4 Å². The Balaban J connectivity index is 1.49. The Kier molecular flexibility index (Phi) is 7.88. The van der Waals surface area contributed by atoms with Crippen molar-refractivity contribution in [2.24, 2.45) is 7.05 Å². The highest BCUT2D eigenvalue weighted by molar-refractivity contribution is 7.99. The topological polar surface area (TPSA) is 106 Å². The number of nitrogens with zero attached hydrogens (tertiary/aromatic N) is 3. The highest BCUT2D eigenvalue weighted by atomic mass is 32.2. The highest BCUT2D eigenvalue weighted by Gasteiger charge is 2.12. The van der Waals surface area contributed by atoms with Crippen LogP contribution in [0.5, 0.6) is 5.75 Å². The predicted octanol–water partition coefficient (Wildman–Crippen LogP) is 3.74. The second-order valence-electron chi connectivity index (χ2n) is 7.34. The molecule has 168 valence electrons. The molecule has 0 aliphatic carbocycles. The van der Waals surface area contributed by atoms with Gasteiger partial charge in [0.15, 0.2) is 5.16 Å². The molecule has 3 aromatic rings. The monoisotopic (exact) mass is 454 g/mol. The maximum absolute atomic E-state index is 12.2. The molecule has 2 N–H and O–H groups in total. The molecule has 32 heavy (non-hydrogen) atoms. The fourth-order valence-corrected chi connectivity index (χ4v) is 4.02. The molecule has 0 fully saturated rings. The Hall–Kier alpha value is -3.33. The lowest BCUT2D eigenvalue weighted by Gasteiger charge is -2.08. The fourth-order valence-electron chi connectivity index (χ4n) is 3.29. The van der Waals surface area contributed by atoms with Gasteiger partial charge in [0.1, 0.15) is 11.6 Å². The number of carbonyl (C=O) groups excluding carboxylic acids is 1. The van der Waals surface area contributed by atoms with Crippen LogP contribution in [0.4, 0.5) is 5.69 Å². The molecule has 3 rings (SSSR count). The summed E-state index contributed by atoms with van der Waals surface area (Å²) in [6, 6.07) is 12.4. The van der Waals surface area contributed by atoms with E-state index in [1.165, 1.54) is 29.5 Å². The first-order chi connectivity index (χ1) is 15.4. The van der Waals surface area contributed by atoms with E-state index >= 15 is 0 Å². The molecule has 1 heterocycles.